The van der Waals surface area contributed by atoms with E-state index in [1.807, 2.05) is 0 Å². The van der Waals surface area contributed by atoms with Crippen molar-refractivity contribution >= 4 is 29.9 Å². The zero-order chi connectivity index (χ0) is 17.7. The maximum atomic E-state index is 4.84. The van der Waals surface area contributed by atoms with Crippen molar-refractivity contribution in [2.24, 2.45) is 10.9 Å². The van der Waals surface area contributed by atoms with Crippen LogP contribution in [-0.4, -0.2) is 74.7 Å². The van der Waals surface area contributed by atoms with Gasteiger partial charge in [0, 0.05) is 26.2 Å². The summed E-state index contributed by atoms with van der Waals surface area (Å²) in [4.78, 5) is 10.1. The van der Waals surface area contributed by atoms with Crippen LogP contribution in [0.25, 0.3) is 0 Å². The molecular formula is C20H42IN5. The molecular weight excluding hydrogens is 437 g/mol. The lowest BCUT2D eigenvalue weighted by atomic mass is 10.1. The lowest BCUT2D eigenvalue weighted by molar-refractivity contribution is 0.282. The zero-order valence-corrected chi connectivity index (χ0v) is 19.5. The number of nitrogens with one attached hydrogen (secondary N) is 2. The van der Waals surface area contributed by atoms with Crippen molar-refractivity contribution in [3.63, 3.8) is 0 Å². The Bertz CT molecular complexity index is 369. The van der Waals surface area contributed by atoms with Crippen LogP contribution in [0.1, 0.15) is 58.8 Å². The van der Waals surface area contributed by atoms with Crippen molar-refractivity contribution in [1.82, 2.24) is 20.4 Å². The van der Waals surface area contributed by atoms with Crippen LogP contribution in [-0.2, 0) is 0 Å². The maximum Gasteiger partial charge on any atom is 0.191 e. The number of guanidine groups is 1. The Labute approximate surface area is 178 Å². The Hall–Kier alpha value is -0.0800. The molecule has 154 valence electrons. The molecule has 5 nitrogen and oxygen atoms in total. The standard InChI is InChI=1S/C20H41N5.HI/c1-3-12-25-16-10-19(18-25)17-23-20(21-4-2)22-11-9-15-24-13-7-5-6-8-14-24;/h19H,3-18H2,1-2H3,(H2,21,22,23);1H. The first-order valence-corrected chi connectivity index (χ1v) is 10.8. The number of hydrogen-bond acceptors (Lipinski definition) is 3. The van der Waals surface area contributed by atoms with Crippen LogP contribution in [0.3, 0.4) is 0 Å². The number of halogens is 1. The Morgan fingerprint density at radius 2 is 1.73 bits per heavy atom. The van der Waals surface area contributed by atoms with Gasteiger partial charge in [0.1, 0.15) is 0 Å². The Morgan fingerprint density at radius 1 is 0.962 bits per heavy atom. The van der Waals surface area contributed by atoms with Gasteiger partial charge in [0.05, 0.1) is 0 Å². The second-order valence-corrected chi connectivity index (χ2v) is 7.71. The molecule has 0 aromatic carbocycles. The molecule has 2 heterocycles. The van der Waals surface area contributed by atoms with E-state index in [1.165, 1.54) is 84.2 Å². The summed E-state index contributed by atoms with van der Waals surface area (Å²) >= 11 is 0. The van der Waals surface area contributed by atoms with Gasteiger partial charge in [-0.3, -0.25) is 4.99 Å². The average molecular weight is 479 g/mol. The molecule has 0 aliphatic carbocycles. The normalized spacial score (nSPS) is 22.7. The van der Waals surface area contributed by atoms with Crippen molar-refractivity contribution in [1.29, 1.82) is 0 Å². The third-order valence-electron chi connectivity index (χ3n) is 5.40. The summed E-state index contributed by atoms with van der Waals surface area (Å²) in [5.74, 6) is 1.74. The smallest absolute Gasteiger partial charge is 0.191 e. The lowest BCUT2D eigenvalue weighted by Crippen LogP contribution is -2.39. The van der Waals surface area contributed by atoms with Gasteiger partial charge in [0.25, 0.3) is 0 Å². The molecule has 0 aromatic heterocycles. The van der Waals surface area contributed by atoms with E-state index in [1.54, 1.807) is 0 Å². The largest absolute Gasteiger partial charge is 0.357 e. The highest BCUT2D eigenvalue weighted by Gasteiger charge is 2.21. The first kappa shape index (κ1) is 24.0. The van der Waals surface area contributed by atoms with Gasteiger partial charge in [0.2, 0.25) is 0 Å². The molecule has 26 heavy (non-hydrogen) atoms. The highest BCUT2D eigenvalue weighted by Crippen LogP contribution is 2.16. The van der Waals surface area contributed by atoms with Crippen molar-refractivity contribution in [2.75, 3.05) is 58.9 Å². The van der Waals surface area contributed by atoms with Crippen LogP contribution >= 0.6 is 24.0 Å². The molecule has 2 N–H and O–H groups in total. The summed E-state index contributed by atoms with van der Waals surface area (Å²) in [6, 6.07) is 0. The fourth-order valence-electron chi connectivity index (χ4n) is 4.01. The molecule has 0 saturated carbocycles. The van der Waals surface area contributed by atoms with Crippen LogP contribution in [0.5, 0.6) is 0 Å². The van der Waals surface area contributed by atoms with Crippen molar-refractivity contribution in [3.8, 4) is 0 Å². The molecule has 2 aliphatic rings. The second kappa shape index (κ2) is 14.9. The van der Waals surface area contributed by atoms with Gasteiger partial charge in [-0.25, -0.2) is 0 Å². The number of likely N-dealkylation sites (tertiary alicyclic amines) is 2. The molecule has 2 aliphatic heterocycles. The quantitative estimate of drug-likeness (QED) is 0.231. The molecule has 0 bridgehead atoms. The van der Waals surface area contributed by atoms with E-state index >= 15 is 0 Å². The number of rotatable bonds is 9. The highest BCUT2D eigenvalue weighted by molar-refractivity contribution is 14.0. The lowest BCUT2D eigenvalue weighted by Gasteiger charge is -2.20. The van der Waals surface area contributed by atoms with Crippen molar-refractivity contribution in [3.05, 3.63) is 0 Å². The highest BCUT2D eigenvalue weighted by atomic mass is 127. The first-order chi connectivity index (χ1) is 12.3. The van der Waals surface area contributed by atoms with E-state index in [0.717, 1.165) is 31.5 Å². The van der Waals surface area contributed by atoms with Gasteiger partial charge < -0.3 is 20.4 Å². The molecule has 0 aromatic rings. The van der Waals surface area contributed by atoms with Crippen LogP contribution in [0.15, 0.2) is 4.99 Å². The molecule has 2 fully saturated rings. The Kier molecular flexibility index (Phi) is 13.7. The van der Waals surface area contributed by atoms with Crippen molar-refractivity contribution < 1.29 is 0 Å². The second-order valence-electron chi connectivity index (χ2n) is 7.71. The Morgan fingerprint density at radius 3 is 2.42 bits per heavy atom. The molecule has 1 unspecified atom stereocenters. The minimum Gasteiger partial charge on any atom is -0.357 e. The fraction of sp³-hybridized carbons (Fsp3) is 0.950. The molecule has 0 amide bonds. The monoisotopic (exact) mass is 479 g/mol. The summed E-state index contributed by atoms with van der Waals surface area (Å²) in [7, 11) is 0. The SMILES string of the molecule is CCCN1CCC(CN=C(NCC)NCCCN2CCCCCC2)C1.I. The van der Waals surface area contributed by atoms with E-state index < -0.39 is 0 Å². The van der Waals surface area contributed by atoms with E-state index in [2.05, 4.69) is 34.3 Å². The minimum absolute atomic E-state index is 0. The molecule has 2 saturated heterocycles. The topological polar surface area (TPSA) is 42.9 Å². The molecule has 6 heteroatoms. The van der Waals surface area contributed by atoms with E-state index in [4.69, 9.17) is 4.99 Å². The third kappa shape index (κ3) is 9.74. The van der Waals surface area contributed by atoms with Crippen LogP contribution in [0.4, 0.5) is 0 Å². The van der Waals surface area contributed by atoms with E-state index in [9.17, 15) is 0 Å². The van der Waals surface area contributed by atoms with Crippen LogP contribution in [0.2, 0.25) is 0 Å². The zero-order valence-electron chi connectivity index (χ0n) is 17.1. The summed E-state index contributed by atoms with van der Waals surface area (Å²) in [6.45, 7) is 14.9. The van der Waals surface area contributed by atoms with Gasteiger partial charge >= 0.3 is 0 Å². The summed E-state index contributed by atoms with van der Waals surface area (Å²) < 4.78 is 0. The van der Waals surface area contributed by atoms with Gasteiger partial charge in [-0.05, 0) is 77.7 Å². The average Bonchev–Trinajstić information content (AvgIpc) is 2.90. The van der Waals surface area contributed by atoms with Gasteiger partial charge in [0.15, 0.2) is 5.96 Å². The van der Waals surface area contributed by atoms with Gasteiger partial charge in [-0.1, -0.05) is 19.8 Å². The maximum absolute atomic E-state index is 4.84. The fourth-order valence-corrected chi connectivity index (χ4v) is 4.01. The predicted octanol–water partition coefficient (Wildman–Crippen LogP) is 3.16. The molecule has 0 radical (unpaired) electrons. The number of hydrogen-bond donors (Lipinski definition) is 2. The molecule has 2 rings (SSSR count). The number of nitrogens with zero attached hydrogens (tertiary/aromatic N) is 3. The van der Waals surface area contributed by atoms with Gasteiger partial charge in [-0.15, -0.1) is 24.0 Å². The molecule has 0 spiro atoms. The van der Waals surface area contributed by atoms with Gasteiger partial charge in [-0.2, -0.15) is 0 Å². The number of aliphatic imine (C=N–C) groups is 1. The van der Waals surface area contributed by atoms with Crippen LogP contribution in [0, 0.1) is 5.92 Å². The third-order valence-corrected chi connectivity index (χ3v) is 5.40. The first-order valence-electron chi connectivity index (χ1n) is 10.8. The van der Waals surface area contributed by atoms with Crippen molar-refractivity contribution in [2.45, 2.75) is 58.8 Å². The summed E-state index contributed by atoms with van der Waals surface area (Å²) in [5, 5.41) is 6.94. The van der Waals surface area contributed by atoms with Crippen LogP contribution < -0.4 is 10.6 Å². The van der Waals surface area contributed by atoms with E-state index in [0.29, 0.717) is 0 Å². The predicted molar refractivity (Wildman–Crippen MR) is 124 cm³/mol. The molecule has 1 atom stereocenters. The Balaban J connectivity index is 0.00000338. The minimum atomic E-state index is 0. The summed E-state index contributed by atoms with van der Waals surface area (Å²) in [5.41, 5.74) is 0. The summed E-state index contributed by atoms with van der Waals surface area (Å²) in [6.07, 6.45) is 9.38. The van der Waals surface area contributed by atoms with E-state index in [-0.39, 0.29) is 24.0 Å².